The fraction of sp³-hybridized carbons (Fsp3) is 0.353. The highest BCUT2D eigenvalue weighted by molar-refractivity contribution is 7.89. The molecule has 1 aromatic heterocycles. The Hall–Kier alpha value is -2.72. The van der Waals surface area contributed by atoms with Crippen molar-refractivity contribution in [1.82, 2.24) is 4.31 Å². The Kier molecular flexibility index (Phi) is 5.29. The van der Waals surface area contributed by atoms with Gasteiger partial charge in [-0.2, -0.15) is 4.31 Å². The summed E-state index contributed by atoms with van der Waals surface area (Å²) in [7, 11) is -3.78. The lowest BCUT2D eigenvalue weighted by molar-refractivity contribution is -0.385. The molecule has 1 aliphatic rings. The molecule has 27 heavy (non-hydrogen) atoms. The van der Waals surface area contributed by atoms with Crippen LogP contribution in [0.5, 0.6) is 0 Å². The molecule has 0 unspecified atom stereocenters. The Labute approximate surface area is 156 Å². The number of hydrogen-bond donors (Lipinski definition) is 1. The van der Waals surface area contributed by atoms with Crippen molar-refractivity contribution in [2.75, 3.05) is 18.4 Å². The Bertz CT molecular complexity index is 976. The maximum Gasteiger partial charge on any atom is 0.291 e. The standard InChI is InChI=1S/C17H19N3O6S/c1-12-13(6-5-7-14(12)20(22)23)18-17(21)15-8-9-16(26-15)27(24,25)19-10-3-2-4-11-19/h5-9H,2-4,10-11H2,1H3,(H,18,21). The van der Waals surface area contributed by atoms with E-state index in [2.05, 4.69) is 5.32 Å². The fourth-order valence-corrected chi connectivity index (χ4v) is 4.38. The van der Waals surface area contributed by atoms with Crippen LogP contribution >= 0.6 is 0 Å². The van der Waals surface area contributed by atoms with Crippen molar-refractivity contribution < 1.29 is 22.6 Å². The molecule has 0 saturated carbocycles. The predicted octanol–water partition coefficient (Wildman–Crippen LogP) is 2.92. The van der Waals surface area contributed by atoms with E-state index < -0.39 is 20.9 Å². The molecule has 1 amide bonds. The number of nitrogens with one attached hydrogen (secondary N) is 1. The minimum Gasteiger partial charge on any atom is -0.438 e. The number of piperidine rings is 1. The van der Waals surface area contributed by atoms with E-state index in [4.69, 9.17) is 4.42 Å². The summed E-state index contributed by atoms with van der Waals surface area (Å²) in [5.41, 5.74) is 0.426. The van der Waals surface area contributed by atoms with Gasteiger partial charge in [-0.1, -0.05) is 12.5 Å². The topological polar surface area (TPSA) is 123 Å². The number of rotatable bonds is 5. The lowest BCUT2D eigenvalue weighted by Crippen LogP contribution is -2.35. The van der Waals surface area contributed by atoms with E-state index in [-0.39, 0.29) is 22.2 Å². The molecule has 0 spiro atoms. The Balaban J connectivity index is 1.80. The summed E-state index contributed by atoms with van der Waals surface area (Å²) in [5.74, 6) is -0.866. The first kappa shape index (κ1) is 19.1. The number of nitro benzene ring substituents is 1. The van der Waals surface area contributed by atoms with E-state index in [0.717, 1.165) is 19.3 Å². The summed E-state index contributed by atoms with van der Waals surface area (Å²) in [6.45, 7) is 2.37. The molecule has 0 aliphatic carbocycles. The van der Waals surface area contributed by atoms with Crippen LogP contribution in [0.25, 0.3) is 0 Å². The largest absolute Gasteiger partial charge is 0.438 e. The smallest absolute Gasteiger partial charge is 0.291 e. The number of amides is 1. The van der Waals surface area contributed by atoms with E-state index in [1.807, 2.05) is 0 Å². The molecule has 1 aromatic carbocycles. The van der Waals surface area contributed by atoms with Gasteiger partial charge in [-0.05, 0) is 38.0 Å². The summed E-state index contributed by atoms with van der Waals surface area (Å²) in [6.07, 6.45) is 2.57. The van der Waals surface area contributed by atoms with E-state index in [9.17, 15) is 23.3 Å². The number of anilines is 1. The van der Waals surface area contributed by atoms with E-state index in [1.165, 1.54) is 41.6 Å². The van der Waals surface area contributed by atoms with Crippen LogP contribution in [0.3, 0.4) is 0 Å². The summed E-state index contributed by atoms with van der Waals surface area (Å²) in [6, 6.07) is 6.84. The van der Waals surface area contributed by atoms with E-state index in [0.29, 0.717) is 18.7 Å². The minimum absolute atomic E-state index is 0.124. The van der Waals surface area contributed by atoms with Crippen LogP contribution in [0.1, 0.15) is 35.4 Å². The lowest BCUT2D eigenvalue weighted by Gasteiger charge is -2.24. The average Bonchev–Trinajstić information content (AvgIpc) is 3.15. The number of benzene rings is 1. The second-order valence-electron chi connectivity index (χ2n) is 6.24. The number of hydrogen-bond acceptors (Lipinski definition) is 6. The first-order chi connectivity index (χ1) is 12.8. The number of sulfonamides is 1. The lowest BCUT2D eigenvalue weighted by atomic mass is 10.1. The van der Waals surface area contributed by atoms with Crippen molar-refractivity contribution in [1.29, 1.82) is 0 Å². The molecule has 144 valence electrons. The molecule has 2 aromatic rings. The van der Waals surface area contributed by atoms with Crippen LogP contribution in [-0.2, 0) is 10.0 Å². The van der Waals surface area contributed by atoms with Crippen LogP contribution < -0.4 is 5.32 Å². The molecule has 1 saturated heterocycles. The molecule has 9 nitrogen and oxygen atoms in total. The van der Waals surface area contributed by atoms with Crippen LogP contribution in [-0.4, -0.2) is 36.6 Å². The number of carbonyl (C=O) groups is 1. The van der Waals surface area contributed by atoms with Crippen molar-refractivity contribution in [3.63, 3.8) is 0 Å². The van der Waals surface area contributed by atoms with Gasteiger partial charge < -0.3 is 9.73 Å². The van der Waals surface area contributed by atoms with Gasteiger partial charge in [0.2, 0.25) is 5.09 Å². The third kappa shape index (κ3) is 3.86. The van der Waals surface area contributed by atoms with Gasteiger partial charge in [-0.15, -0.1) is 0 Å². The van der Waals surface area contributed by atoms with Gasteiger partial charge in [-0.25, -0.2) is 8.42 Å². The highest BCUT2D eigenvalue weighted by Crippen LogP contribution is 2.26. The monoisotopic (exact) mass is 393 g/mol. The van der Waals surface area contributed by atoms with E-state index >= 15 is 0 Å². The third-order valence-electron chi connectivity index (χ3n) is 4.46. The molecule has 0 atom stereocenters. The summed E-state index contributed by atoms with van der Waals surface area (Å²) in [5, 5.41) is 13.2. The van der Waals surface area contributed by atoms with Crippen molar-refractivity contribution in [3.8, 4) is 0 Å². The Morgan fingerprint density at radius 2 is 1.89 bits per heavy atom. The zero-order valence-corrected chi connectivity index (χ0v) is 15.5. The van der Waals surface area contributed by atoms with Gasteiger partial charge in [0.05, 0.1) is 16.2 Å². The highest BCUT2D eigenvalue weighted by Gasteiger charge is 2.29. The molecule has 1 aliphatic heterocycles. The number of carbonyl (C=O) groups excluding carboxylic acids is 1. The van der Waals surface area contributed by atoms with Gasteiger partial charge in [0, 0.05) is 19.2 Å². The van der Waals surface area contributed by atoms with Gasteiger partial charge in [0.1, 0.15) is 0 Å². The molecule has 0 bridgehead atoms. The van der Waals surface area contributed by atoms with Gasteiger partial charge in [0.25, 0.3) is 21.6 Å². The molecule has 10 heteroatoms. The zero-order valence-electron chi connectivity index (χ0n) is 14.7. The fourth-order valence-electron chi connectivity index (χ4n) is 2.95. The zero-order chi connectivity index (χ0) is 19.6. The molecule has 1 fully saturated rings. The summed E-state index contributed by atoms with van der Waals surface area (Å²) in [4.78, 5) is 22.8. The van der Waals surface area contributed by atoms with Gasteiger partial charge >= 0.3 is 0 Å². The summed E-state index contributed by atoms with van der Waals surface area (Å²) < 4.78 is 31.8. The first-order valence-electron chi connectivity index (χ1n) is 8.46. The summed E-state index contributed by atoms with van der Waals surface area (Å²) >= 11 is 0. The SMILES string of the molecule is Cc1c(NC(=O)c2ccc(S(=O)(=O)N3CCCCC3)o2)cccc1[N+](=O)[O-]. The normalized spacial score (nSPS) is 15.4. The minimum atomic E-state index is -3.78. The Morgan fingerprint density at radius 3 is 2.56 bits per heavy atom. The van der Waals surface area contributed by atoms with Crippen LogP contribution in [0, 0.1) is 17.0 Å². The molecular formula is C17H19N3O6S. The van der Waals surface area contributed by atoms with Crippen LogP contribution in [0.15, 0.2) is 39.8 Å². The molecule has 3 rings (SSSR count). The predicted molar refractivity (Wildman–Crippen MR) is 97.1 cm³/mol. The van der Waals surface area contributed by atoms with Gasteiger partial charge in [-0.3, -0.25) is 14.9 Å². The number of nitro groups is 1. The maximum absolute atomic E-state index is 12.6. The second kappa shape index (κ2) is 7.49. The third-order valence-corrected chi connectivity index (χ3v) is 6.24. The molecule has 1 N–H and O–H groups in total. The van der Waals surface area contributed by atoms with Crippen molar-refractivity contribution in [3.05, 3.63) is 51.8 Å². The average molecular weight is 393 g/mol. The number of furan rings is 1. The van der Waals surface area contributed by atoms with E-state index in [1.54, 1.807) is 0 Å². The highest BCUT2D eigenvalue weighted by atomic mass is 32.2. The first-order valence-corrected chi connectivity index (χ1v) is 9.90. The Morgan fingerprint density at radius 1 is 1.19 bits per heavy atom. The van der Waals surface area contributed by atoms with Crippen molar-refractivity contribution in [2.45, 2.75) is 31.3 Å². The maximum atomic E-state index is 12.6. The molecule has 0 radical (unpaired) electrons. The van der Waals surface area contributed by atoms with Crippen molar-refractivity contribution >= 4 is 27.3 Å². The second-order valence-corrected chi connectivity index (χ2v) is 8.11. The van der Waals surface area contributed by atoms with Crippen LogP contribution in [0.2, 0.25) is 0 Å². The quantitative estimate of drug-likeness (QED) is 0.615. The van der Waals surface area contributed by atoms with Gasteiger partial charge in [0.15, 0.2) is 5.76 Å². The van der Waals surface area contributed by atoms with Crippen molar-refractivity contribution in [2.24, 2.45) is 0 Å². The molecule has 2 heterocycles. The molecular weight excluding hydrogens is 374 g/mol. The van der Waals surface area contributed by atoms with Crippen LogP contribution in [0.4, 0.5) is 11.4 Å². The number of nitrogens with zero attached hydrogens (tertiary/aromatic N) is 2.